The molecule has 0 spiro atoms. The summed E-state index contributed by atoms with van der Waals surface area (Å²) < 4.78 is 0.834. The Morgan fingerprint density at radius 3 is 2.67 bits per heavy atom. The second kappa shape index (κ2) is 3.84. The van der Waals surface area contributed by atoms with Crippen LogP contribution in [0, 0.1) is 3.70 Å². The lowest BCUT2D eigenvalue weighted by Gasteiger charge is -2.08. The number of hydrogen-bond acceptors (Lipinski definition) is 2. The number of hydrogen-bond donors (Lipinski definition) is 0. The van der Waals surface area contributed by atoms with Gasteiger partial charge in [0.15, 0.2) is 0 Å². The fraction of sp³-hybridized carbons (Fsp3) is 0.250. The van der Waals surface area contributed by atoms with Gasteiger partial charge in [0.1, 0.15) is 9.39 Å². The minimum absolute atomic E-state index is 0.0616. The SMILES string of the molecule is CN(C)C(=O)c1cccc(I)n1. The quantitative estimate of drug-likeness (QED) is 0.573. The van der Waals surface area contributed by atoms with Gasteiger partial charge in [0.2, 0.25) is 0 Å². The first-order valence-electron chi connectivity index (χ1n) is 3.45. The molecular formula is C8H9IN2O. The second-order valence-corrected chi connectivity index (χ2v) is 3.65. The Balaban J connectivity index is 2.96. The summed E-state index contributed by atoms with van der Waals surface area (Å²) in [5, 5.41) is 0. The van der Waals surface area contributed by atoms with Crippen LogP contribution in [0.15, 0.2) is 18.2 Å². The minimum atomic E-state index is -0.0616. The summed E-state index contributed by atoms with van der Waals surface area (Å²) in [6.45, 7) is 0. The van der Waals surface area contributed by atoms with E-state index in [2.05, 4.69) is 27.6 Å². The van der Waals surface area contributed by atoms with Crippen LogP contribution in [0.25, 0.3) is 0 Å². The van der Waals surface area contributed by atoms with Crippen molar-refractivity contribution < 1.29 is 4.79 Å². The van der Waals surface area contributed by atoms with E-state index in [0.717, 1.165) is 3.70 Å². The third-order valence-corrected chi connectivity index (χ3v) is 1.94. The molecule has 1 aromatic rings. The molecule has 0 aliphatic heterocycles. The molecule has 0 saturated heterocycles. The van der Waals surface area contributed by atoms with E-state index in [-0.39, 0.29) is 5.91 Å². The van der Waals surface area contributed by atoms with E-state index in [1.165, 1.54) is 4.90 Å². The Hall–Kier alpha value is -0.650. The van der Waals surface area contributed by atoms with Gasteiger partial charge in [-0.3, -0.25) is 4.79 Å². The highest BCUT2D eigenvalue weighted by Gasteiger charge is 2.08. The number of carbonyl (C=O) groups excluding carboxylic acids is 1. The van der Waals surface area contributed by atoms with Crippen molar-refractivity contribution in [1.82, 2.24) is 9.88 Å². The Labute approximate surface area is 84.9 Å². The molecule has 0 bridgehead atoms. The summed E-state index contributed by atoms with van der Waals surface area (Å²) >= 11 is 2.08. The average molecular weight is 276 g/mol. The van der Waals surface area contributed by atoms with Gasteiger partial charge in [0.05, 0.1) is 0 Å². The summed E-state index contributed by atoms with van der Waals surface area (Å²) in [5.41, 5.74) is 0.493. The molecule has 64 valence electrons. The number of aromatic nitrogens is 1. The Bertz CT molecular complexity index is 299. The number of halogens is 1. The molecule has 3 nitrogen and oxygen atoms in total. The van der Waals surface area contributed by atoms with Gasteiger partial charge in [-0.1, -0.05) is 6.07 Å². The van der Waals surface area contributed by atoms with Gasteiger partial charge in [0, 0.05) is 14.1 Å². The molecule has 12 heavy (non-hydrogen) atoms. The van der Waals surface area contributed by atoms with Crippen LogP contribution in [-0.4, -0.2) is 29.9 Å². The van der Waals surface area contributed by atoms with Crippen molar-refractivity contribution in [2.24, 2.45) is 0 Å². The molecule has 1 rings (SSSR count). The molecule has 0 N–H and O–H groups in total. The van der Waals surface area contributed by atoms with Gasteiger partial charge in [-0.15, -0.1) is 0 Å². The zero-order valence-electron chi connectivity index (χ0n) is 6.91. The van der Waals surface area contributed by atoms with Gasteiger partial charge in [-0.05, 0) is 34.7 Å². The molecule has 0 saturated carbocycles. The van der Waals surface area contributed by atoms with Gasteiger partial charge < -0.3 is 4.90 Å². The number of rotatable bonds is 1. The second-order valence-electron chi connectivity index (χ2n) is 2.55. The third-order valence-electron chi connectivity index (χ3n) is 1.34. The van der Waals surface area contributed by atoms with Crippen LogP contribution in [0.4, 0.5) is 0 Å². The minimum Gasteiger partial charge on any atom is -0.343 e. The van der Waals surface area contributed by atoms with Crippen molar-refractivity contribution in [3.05, 3.63) is 27.6 Å². The Morgan fingerprint density at radius 1 is 1.50 bits per heavy atom. The van der Waals surface area contributed by atoms with E-state index in [4.69, 9.17) is 0 Å². The van der Waals surface area contributed by atoms with Gasteiger partial charge in [0.25, 0.3) is 5.91 Å². The number of amides is 1. The molecule has 0 atom stereocenters. The van der Waals surface area contributed by atoms with Gasteiger partial charge in [-0.25, -0.2) is 4.98 Å². The zero-order valence-corrected chi connectivity index (χ0v) is 9.07. The predicted molar refractivity (Wildman–Crippen MR) is 55.0 cm³/mol. The monoisotopic (exact) mass is 276 g/mol. The maximum atomic E-state index is 11.4. The van der Waals surface area contributed by atoms with E-state index in [0.29, 0.717) is 5.69 Å². The Kier molecular flexibility index (Phi) is 3.02. The average Bonchev–Trinajstić information content (AvgIpc) is 2.03. The fourth-order valence-corrected chi connectivity index (χ4v) is 1.22. The Morgan fingerprint density at radius 2 is 2.17 bits per heavy atom. The molecule has 0 aliphatic carbocycles. The van der Waals surface area contributed by atoms with Crippen molar-refractivity contribution in [2.45, 2.75) is 0 Å². The first kappa shape index (κ1) is 9.44. The molecule has 0 unspecified atom stereocenters. The first-order valence-corrected chi connectivity index (χ1v) is 4.53. The highest BCUT2D eigenvalue weighted by atomic mass is 127. The topological polar surface area (TPSA) is 33.2 Å². The molecule has 4 heteroatoms. The summed E-state index contributed by atoms with van der Waals surface area (Å²) in [4.78, 5) is 17.0. The summed E-state index contributed by atoms with van der Waals surface area (Å²) in [7, 11) is 3.42. The maximum Gasteiger partial charge on any atom is 0.271 e. The molecule has 0 fully saturated rings. The van der Waals surface area contributed by atoms with E-state index in [9.17, 15) is 4.79 Å². The predicted octanol–water partition coefficient (Wildman–Crippen LogP) is 1.39. The third kappa shape index (κ3) is 2.17. The number of carbonyl (C=O) groups is 1. The maximum absolute atomic E-state index is 11.4. The molecule has 0 aromatic carbocycles. The lowest BCUT2D eigenvalue weighted by molar-refractivity contribution is 0.0822. The molecule has 0 radical (unpaired) electrons. The fourth-order valence-electron chi connectivity index (χ4n) is 0.756. The molecular weight excluding hydrogens is 267 g/mol. The van der Waals surface area contributed by atoms with Crippen LogP contribution in [-0.2, 0) is 0 Å². The van der Waals surface area contributed by atoms with Crippen LogP contribution in [0.2, 0.25) is 0 Å². The van der Waals surface area contributed by atoms with Crippen LogP contribution in [0.5, 0.6) is 0 Å². The van der Waals surface area contributed by atoms with E-state index in [1.807, 2.05) is 12.1 Å². The van der Waals surface area contributed by atoms with Crippen molar-refractivity contribution >= 4 is 28.5 Å². The van der Waals surface area contributed by atoms with Crippen LogP contribution in [0.1, 0.15) is 10.5 Å². The summed E-state index contributed by atoms with van der Waals surface area (Å²) in [6, 6.07) is 5.39. The highest BCUT2D eigenvalue weighted by molar-refractivity contribution is 14.1. The van der Waals surface area contributed by atoms with Crippen LogP contribution in [0.3, 0.4) is 0 Å². The van der Waals surface area contributed by atoms with Crippen molar-refractivity contribution in [1.29, 1.82) is 0 Å². The molecule has 1 aromatic heterocycles. The molecule has 1 heterocycles. The molecule has 0 aliphatic rings. The zero-order chi connectivity index (χ0) is 9.14. The van der Waals surface area contributed by atoms with Crippen molar-refractivity contribution in [2.75, 3.05) is 14.1 Å². The number of nitrogens with zero attached hydrogens (tertiary/aromatic N) is 2. The molecule has 1 amide bonds. The van der Waals surface area contributed by atoms with Gasteiger partial charge in [-0.2, -0.15) is 0 Å². The normalized spacial score (nSPS) is 9.58. The van der Waals surface area contributed by atoms with E-state index in [1.54, 1.807) is 20.2 Å². The lowest BCUT2D eigenvalue weighted by Crippen LogP contribution is -2.22. The van der Waals surface area contributed by atoms with Crippen molar-refractivity contribution in [3.8, 4) is 0 Å². The largest absolute Gasteiger partial charge is 0.343 e. The van der Waals surface area contributed by atoms with Crippen LogP contribution >= 0.6 is 22.6 Å². The summed E-state index contributed by atoms with van der Waals surface area (Å²) in [6.07, 6.45) is 0. The van der Waals surface area contributed by atoms with Crippen molar-refractivity contribution in [3.63, 3.8) is 0 Å². The van der Waals surface area contributed by atoms with Gasteiger partial charge >= 0.3 is 0 Å². The van der Waals surface area contributed by atoms with E-state index >= 15 is 0 Å². The van der Waals surface area contributed by atoms with Crippen LogP contribution < -0.4 is 0 Å². The highest BCUT2D eigenvalue weighted by Crippen LogP contribution is 2.03. The lowest BCUT2D eigenvalue weighted by atomic mass is 10.3. The van der Waals surface area contributed by atoms with E-state index < -0.39 is 0 Å². The summed E-state index contributed by atoms with van der Waals surface area (Å²) in [5.74, 6) is -0.0616. The number of pyridine rings is 1. The smallest absolute Gasteiger partial charge is 0.271 e. The standard InChI is InChI=1S/C8H9IN2O/c1-11(2)8(12)6-4-3-5-7(9)10-6/h3-5H,1-2H3. The first-order chi connectivity index (χ1) is 5.61.